The van der Waals surface area contributed by atoms with Gasteiger partial charge in [-0.2, -0.15) is 0 Å². The SMILES string of the molecule is CCCCCCCCCCCCCC(=O)N[C@H](Nc1ccc(NC(C)=O)cc1)C(Cl)(Cl)Cl. The summed E-state index contributed by atoms with van der Waals surface area (Å²) >= 11 is 18.2. The molecule has 0 aromatic heterocycles. The number of carbonyl (C=O) groups is 2. The molecule has 0 aliphatic heterocycles. The summed E-state index contributed by atoms with van der Waals surface area (Å²) in [5.74, 6) is -0.306. The summed E-state index contributed by atoms with van der Waals surface area (Å²) in [6.45, 7) is 3.68. The number of hydrogen-bond acceptors (Lipinski definition) is 3. The highest BCUT2D eigenvalue weighted by Gasteiger charge is 2.33. The number of alkyl halides is 3. The van der Waals surface area contributed by atoms with Crippen LogP contribution in [0.25, 0.3) is 0 Å². The Morgan fingerprint density at radius 1 is 0.812 bits per heavy atom. The molecule has 0 saturated heterocycles. The van der Waals surface area contributed by atoms with Gasteiger partial charge in [0, 0.05) is 24.7 Å². The molecule has 0 aliphatic rings. The highest BCUT2D eigenvalue weighted by atomic mass is 35.6. The number of hydrogen-bond donors (Lipinski definition) is 3. The molecule has 0 spiro atoms. The summed E-state index contributed by atoms with van der Waals surface area (Å²) in [5.41, 5.74) is 1.32. The van der Waals surface area contributed by atoms with Gasteiger partial charge < -0.3 is 16.0 Å². The van der Waals surface area contributed by atoms with E-state index in [2.05, 4.69) is 22.9 Å². The molecule has 0 aliphatic carbocycles. The van der Waals surface area contributed by atoms with Gasteiger partial charge in [-0.3, -0.25) is 9.59 Å². The van der Waals surface area contributed by atoms with Crippen molar-refractivity contribution in [3.63, 3.8) is 0 Å². The van der Waals surface area contributed by atoms with Crippen LogP contribution in [0.2, 0.25) is 0 Å². The number of nitrogens with one attached hydrogen (secondary N) is 3. The molecule has 0 radical (unpaired) electrons. The molecule has 1 aromatic rings. The number of halogens is 3. The fourth-order valence-electron chi connectivity index (χ4n) is 3.40. The third-order valence-corrected chi connectivity index (χ3v) is 5.81. The van der Waals surface area contributed by atoms with Gasteiger partial charge in [0.1, 0.15) is 6.17 Å². The number of unbranched alkanes of at least 4 members (excludes halogenated alkanes) is 10. The van der Waals surface area contributed by atoms with E-state index in [0.29, 0.717) is 17.8 Å². The maximum Gasteiger partial charge on any atom is 0.228 e. The summed E-state index contributed by atoms with van der Waals surface area (Å²) in [5, 5.41) is 8.49. The number of amides is 2. The second-order valence-electron chi connectivity index (χ2n) is 8.23. The number of carbonyl (C=O) groups excluding carboxylic acids is 2. The third kappa shape index (κ3) is 14.1. The van der Waals surface area contributed by atoms with Crippen LogP contribution in [0.15, 0.2) is 24.3 Å². The fourth-order valence-corrected chi connectivity index (χ4v) is 3.73. The molecule has 8 heteroatoms. The average molecular weight is 507 g/mol. The van der Waals surface area contributed by atoms with Gasteiger partial charge in [0.15, 0.2) is 0 Å². The normalized spacial score (nSPS) is 12.3. The lowest BCUT2D eigenvalue weighted by Gasteiger charge is -2.27. The molecule has 32 heavy (non-hydrogen) atoms. The maximum absolute atomic E-state index is 12.4. The smallest absolute Gasteiger partial charge is 0.228 e. The molecule has 1 atom stereocenters. The van der Waals surface area contributed by atoms with Crippen LogP contribution in [-0.2, 0) is 9.59 Å². The van der Waals surface area contributed by atoms with Crippen molar-refractivity contribution >= 4 is 58.0 Å². The topological polar surface area (TPSA) is 70.2 Å². The van der Waals surface area contributed by atoms with E-state index in [-0.39, 0.29) is 11.8 Å². The van der Waals surface area contributed by atoms with Crippen LogP contribution in [0, 0.1) is 0 Å². The number of benzene rings is 1. The van der Waals surface area contributed by atoms with Gasteiger partial charge in [0.25, 0.3) is 0 Å². The lowest BCUT2D eigenvalue weighted by molar-refractivity contribution is -0.121. The summed E-state index contributed by atoms with van der Waals surface area (Å²) in [4.78, 5) is 23.5. The number of rotatable bonds is 16. The van der Waals surface area contributed by atoms with E-state index in [1.54, 1.807) is 24.3 Å². The molecule has 0 bridgehead atoms. The summed E-state index contributed by atoms with van der Waals surface area (Å²) < 4.78 is -1.72. The van der Waals surface area contributed by atoms with E-state index in [1.807, 2.05) is 0 Å². The molecular formula is C24H38Cl3N3O2. The first-order chi connectivity index (χ1) is 15.2. The van der Waals surface area contributed by atoms with Gasteiger partial charge in [-0.15, -0.1) is 0 Å². The zero-order valence-electron chi connectivity index (χ0n) is 19.3. The fraction of sp³-hybridized carbons (Fsp3) is 0.667. The second-order valence-corrected chi connectivity index (χ2v) is 10.6. The largest absolute Gasteiger partial charge is 0.362 e. The standard InChI is InChI=1S/C24H38Cl3N3O2/c1-3-4-5-6-7-8-9-10-11-12-13-14-22(32)30-23(24(25,26)27)29-21-17-15-20(16-18-21)28-19(2)31/h15-18,23,29H,3-14H2,1-2H3,(H,28,31)(H,30,32)/t23-/m0/s1. The Kier molecular flexibility index (Phi) is 14.8. The molecule has 5 nitrogen and oxygen atoms in total. The van der Waals surface area contributed by atoms with Gasteiger partial charge in [-0.05, 0) is 30.7 Å². The Hall–Kier alpha value is -1.17. The lowest BCUT2D eigenvalue weighted by Crippen LogP contribution is -2.49. The molecule has 182 valence electrons. The van der Waals surface area contributed by atoms with Crippen LogP contribution in [0.5, 0.6) is 0 Å². The summed E-state index contributed by atoms with van der Waals surface area (Å²) in [7, 11) is 0. The van der Waals surface area contributed by atoms with Crippen molar-refractivity contribution < 1.29 is 9.59 Å². The van der Waals surface area contributed by atoms with Crippen LogP contribution < -0.4 is 16.0 Å². The quantitative estimate of drug-likeness (QED) is 0.123. The van der Waals surface area contributed by atoms with Crippen LogP contribution in [0.1, 0.15) is 90.9 Å². The van der Waals surface area contributed by atoms with Crippen molar-refractivity contribution in [3.05, 3.63) is 24.3 Å². The molecule has 2 amide bonds. The van der Waals surface area contributed by atoms with E-state index < -0.39 is 9.96 Å². The minimum Gasteiger partial charge on any atom is -0.362 e. The first-order valence-corrected chi connectivity index (χ1v) is 12.9. The van der Waals surface area contributed by atoms with Crippen molar-refractivity contribution in [1.82, 2.24) is 5.32 Å². The minimum atomic E-state index is -1.72. The van der Waals surface area contributed by atoms with Gasteiger partial charge >= 0.3 is 0 Å². The van der Waals surface area contributed by atoms with Gasteiger partial charge in [0.05, 0.1) is 0 Å². The summed E-state index contributed by atoms with van der Waals surface area (Å²) in [6, 6.07) is 6.94. The molecular weight excluding hydrogens is 469 g/mol. The molecule has 3 N–H and O–H groups in total. The number of anilines is 2. The van der Waals surface area contributed by atoms with Crippen molar-refractivity contribution in [2.45, 2.75) is 101 Å². The predicted molar refractivity (Wildman–Crippen MR) is 138 cm³/mol. The Bertz CT molecular complexity index is 663. The monoisotopic (exact) mass is 505 g/mol. The van der Waals surface area contributed by atoms with E-state index >= 15 is 0 Å². The van der Waals surface area contributed by atoms with Gasteiger partial charge in [-0.25, -0.2) is 0 Å². The predicted octanol–water partition coefficient (Wildman–Crippen LogP) is 7.57. The first-order valence-electron chi connectivity index (χ1n) is 11.7. The molecule has 1 rings (SSSR count). The highest BCUT2D eigenvalue weighted by molar-refractivity contribution is 6.68. The van der Waals surface area contributed by atoms with E-state index in [9.17, 15) is 9.59 Å². The minimum absolute atomic E-state index is 0.153. The zero-order valence-corrected chi connectivity index (χ0v) is 21.6. The third-order valence-electron chi connectivity index (χ3n) is 5.16. The second kappa shape index (κ2) is 16.4. The van der Waals surface area contributed by atoms with Crippen LogP contribution in [0.4, 0.5) is 11.4 Å². The first kappa shape index (κ1) is 28.9. The Balaban J connectivity index is 2.29. The molecule has 0 heterocycles. The van der Waals surface area contributed by atoms with Crippen molar-refractivity contribution in [2.75, 3.05) is 10.6 Å². The van der Waals surface area contributed by atoms with E-state index in [0.717, 1.165) is 19.3 Å². The molecule has 0 fully saturated rings. The molecule has 1 aromatic carbocycles. The summed E-state index contributed by atoms with van der Waals surface area (Å²) in [6.07, 6.45) is 13.0. The van der Waals surface area contributed by atoms with Crippen LogP contribution in [0.3, 0.4) is 0 Å². The van der Waals surface area contributed by atoms with Gasteiger partial charge in [0.2, 0.25) is 15.6 Å². The Morgan fingerprint density at radius 2 is 1.28 bits per heavy atom. The zero-order chi connectivity index (χ0) is 23.8. The molecule has 0 unspecified atom stereocenters. The average Bonchev–Trinajstić information content (AvgIpc) is 2.72. The Morgan fingerprint density at radius 3 is 1.75 bits per heavy atom. The van der Waals surface area contributed by atoms with Gasteiger partial charge in [-0.1, -0.05) is 106 Å². The molecule has 0 saturated carbocycles. The van der Waals surface area contributed by atoms with Crippen molar-refractivity contribution in [3.8, 4) is 0 Å². The van der Waals surface area contributed by atoms with Crippen molar-refractivity contribution in [1.29, 1.82) is 0 Å². The van der Waals surface area contributed by atoms with E-state index in [1.165, 1.54) is 58.3 Å². The lowest BCUT2D eigenvalue weighted by atomic mass is 10.1. The highest BCUT2D eigenvalue weighted by Crippen LogP contribution is 2.31. The van der Waals surface area contributed by atoms with Crippen molar-refractivity contribution in [2.24, 2.45) is 0 Å². The Labute approximate surface area is 208 Å². The van der Waals surface area contributed by atoms with Crippen LogP contribution >= 0.6 is 34.8 Å². The van der Waals surface area contributed by atoms with E-state index in [4.69, 9.17) is 34.8 Å². The van der Waals surface area contributed by atoms with Crippen LogP contribution in [-0.4, -0.2) is 21.8 Å². The maximum atomic E-state index is 12.4.